The van der Waals surface area contributed by atoms with E-state index < -0.39 is 22.0 Å². The van der Waals surface area contributed by atoms with E-state index in [0.29, 0.717) is 11.5 Å². The number of hydrogen-bond donors (Lipinski definition) is 2. The standard InChI is InChI=1S/C17H17F3N2O2S/c18-17(19,20)10-25(23,24)22-14-3-1-2-13(8-14)11-4-6-12(7-5-11)15-9-16(15)21/h1-8,15-16,22H,9-10,21H2/t15-,16+/m0/s1. The van der Waals surface area contributed by atoms with Gasteiger partial charge in [0, 0.05) is 17.6 Å². The van der Waals surface area contributed by atoms with Crippen LogP contribution in [-0.2, 0) is 10.0 Å². The summed E-state index contributed by atoms with van der Waals surface area (Å²) in [4.78, 5) is 0. The average Bonchev–Trinajstić information content (AvgIpc) is 3.21. The normalized spacial score (nSPS) is 20.3. The van der Waals surface area contributed by atoms with E-state index in [4.69, 9.17) is 5.73 Å². The van der Waals surface area contributed by atoms with Crippen LogP contribution in [0.2, 0.25) is 0 Å². The average molecular weight is 370 g/mol. The highest BCUT2D eigenvalue weighted by Gasteiger charge is 2.35. The minimum Gasteiger partial charge on any atom is -0.327 e. The predicted octanol–water partition coefficient (Wildman–Crippen LogP) is 3.47. The van der Waals surface area contributed by atoms with Gasteiger partial charge in [0.15, 0.2) is 5.75 Å². The minimum absolute atomic E-state index is 0.0926. The monoisotopic (exact) mass is 370 g/mol. The Labute approximate surface area is 143 Å². The Bertz CT molecular complexity index is 864. The molecule has 0 heterocycles. The molecule has 25 heavy (non-hydrogen) atoms. The minimum atomic E-state index is -4.79. The second-order valence-corrected chi connectivity index (χ2v) is 7.91. The summed E-state index contributed by atoms with van der Waals surface area (Å²) in [6, 6.07) is 14.2. The summed E-state index contributed by atoms with van der Waals surface area (Å²) in [7, 11) is -4.50. The molecule has 3 N–H and O–H groups in total. The summed E-state index contributed by atoms with van der Waals surface area (Å²) in [6.07, 6.45) is -3.82. The molecule has 0 spiro atoms. The van der Waals surface area contributed by atoms with E-state index in [1.165, 1.54) is 12.1 Å². The molecule has 0 radical (unpaired) electrons. The van der Waals surface area contributed by atoms with E-state index in [1.54, 1.807) is 12.1 Å². The second-order valence-electron chi connectivity index (χ2n) is 6.19. The molecule has 4 nitrogen and oxygen atoms in total. The van der Waals surface area contributed by atoms with Crippen molar-refractivity contribution >= 4 is 15.7 Å². The number of nitrogens with two attached hydrogens (primary N) is 1. The van der Waals surface area contributed by atoms with Crippen molar-refractivity contribution in [1.82, 2.24) is 0 Å². The fraction of sp³-hybridized carbons (Fsp3) is 0.294. The lowest BCUT2D eigenvalue weighted by atomic mass is 10.0. The molecule has 2 atom stereocenters. The number of benzene rings is 2. The number of rotatable bonds is 5. The number of halogens is 3. The predicted molar refractivity (Wildman–Crippen MR) is 90.7 cm³/mol. The quantitative estimate of drug-likeness (QED) is 0.847. The molecule has 8 heteroatoms. The molecule has 2 aromatic rings. The molecular formula is C17H17F3N2O2S. The Morgan fingerprint density at radius 1 is 1.08 bits per heavy atom. The Hall–Kier alpha value is -2.06. The molecular weight excluding hydrogens is 353 g/mol. The van der Waals surface area contributed by atoms with E-state index in [-0.39, 0.29) is 11.7 Å². The van der Waals surface area contributed by atoms with Crippen molar-refractivity contribution in [2.45, 2.75) is 24.6 Å². The summed E-state index contributed by atoms with van der Waals surface area (Å²) in [6.45, 7) is 0. The van der Waals surface area contributed by atoms with E-state index in [9.17, 15) is 21.6 Å². The molecule has 0 aliphatic heterocycles. The van der Waals surface area contributed by atoms with Crippen LogP contribution in [0.15, 0.2) is 48.5 Å². The maximum absolute atomic E-state index is 12.3. The molecule has 1 aliphatic carbocycles. The molecule has 1 fully saturated rings. The van der Waals surface area contributed by atoms with Crippen molar-refractivity contribution in [3.63, 3.8) is 0 Å². The van der Waals surface area contributed by atoms with Crippen LogP contribution in [0.4, 0.5) is 18.9 Å². The Balaban J connectivity index is 1.77. The highest BCUT2D eigenvalue weighted by atomic mass is 32.2. The molecule has 0 aromatic heterocycles. The third-order valence-electron chi connectivity index (χ3n) is 4.00. The first-order valence-corrected chi connectivity index (χ1v) is 9.31. The Morgan fingerprint density at radius 3 is 2.28 bits per heavy atom. The van der Waals surface area contributed by atoms with Crippen LogP contribution in [0.3, 0.4) is 0 Å². The van der Waals surface area contributed by atoms with E-state index in [1.807, 2.05) is 29.0 Å². The van der Waals surface area contributed by atoms with Gasteiger partial charge in [0.05, 0.1) is 0 Å². The lowest BCUT2D eigenvalue weighted by molar-refractivity contribution is -0.106. The van der Waals surface area contributed by atoms with E-state index >= 15 is 0 Å². The van der Waals surface area contributed by atoms with Gasteiger partial charge in [-0.05, 0) is 35.2 Å². The van der Waals surface area contributed by atoms with Gasteiger partial charge >= 0.3 is 6.18 Å². The zero-order valence-corrected chi connectivity index (χ0v) is 13.9. The third-order valence-corrected chi connectivity index (χ3v) is 5.26. The summed E-state index contributed by atoms with van der Waals surface area (Å²) < 4.78 is 62.0. The number of nitrogens with one attached hydrogen (secondary N) is 1. The highest BCUT2D eigenvalue weighted by Crippen LogP contribution is 2.39. The number of alkyl halides is 3. The van der Waals surface area contributed by atoms with Gasteiger partial charge in [-0.1, -0.05) is 36.4 Å². The molecule has 1 aliphatic rings. The van der Waals surface area contributed by atoms with Gasteiger partial charge in [-0.3, -0.25) is 4.72 Å². The smallest absolute Gasteiger partial charge is 0.327 e. The van der Waals surface area contributed by atoms with Crippen LogP contribution >= 0.6 is 0 Å². The van der Waals surface area contributed by atoms with Gasteiger partial charge in [0.1, 0.15) is 0 Å². The first-order chi connectivity index (χ1) is 11.6. The zero-order chi connectivity index (χ0) is 18.2. The van der Waals surface area contributed by atoms with Crippen LogP contribution in [-0.4, -0.2) is 26.4 Å². The van der Waals surface area contributed by atoms with Gasteiger partial charge < -0.3 is 5.73 Å². The maximum Gasteiger partial charge on any atom is 0.404 e. The fourth-order valence-electron chi connectivity index (χ4n) is 2.71. The van der Waals surface area contributed by atoms with Crippen molar-refractivity contribution in [2.75, 3.05) is 10.5 Å². The first-order valence-electron chi connectivity index (χ1n) is 7.66. The van der Waals surface area contributed by atoms with Gasteiger partial charge in [-0.15, -0.1) is 0 Å². The van der Waals surface area contributed by atoms with Crippen molar-refractivity contribution in [3.8, 4) is 11.1 Å². The summed E-state index contributed by atoms with van der Waals surface area (Å²) in [5.41, 5.74) is 8.62. The lowest BCUT2D eigenvalue weighted by Crippen LogP contribution is -2.27. The Kier molecular flexibility index (Phi) is 4.51. The van der Waals surface area contributed by atoms with Gasteiger partial charge in [-0.25, -0.2) is 8.42 Å². The molecule has 2 aromatic carbocycles. The number of sulfonamides is 1. The fourth-order valence-corrected chi connectivity index (χ4v) is 3.70. The molecule has 0 bridgehead atoms. The first kappa shape index (κ1) is 17.8. The largest absolute Gasteiger partial charge is 0.404 e. The van der Waals surface area contributed by atoms with Crippen LogP contribution in [0.1, 0.15) is 17.9 Å². The van der Waals surface area contributed by atoms with Crippen LogP contribution in [0, 0.1) is 0 Å². The van der Waals surface area contributed by atoms with E-state index in [2.05, 4.69) is 0 Å². The summed E-state index contributed by atoms with van der Waals surface area (Å²) >= 11 is 0. The molecule has 0 unspecified atom stereocenters. The van der Waals surface area contributed by atoms with Crippen molar-refractivity contribution < 1.29 is 21.6 Å². The van der Waals surface area contributed by atoms with Crippen molar-refractivity contribution in [3.05, 3.63) is 54.1 Å². The van der Waals surface area contributed by atoms with Crippen LogP contribution < -0.4 is 10.5 Å². The van der Waals surface area contributed by atoms with Crippen LogP contribution in [0.25, 0.3) is 11.1 Å². The van der Waals surface area contributed by atoms with Crippen molar-refractivity contribution in [2.24, 2.45) is 5.73 Å². The SMILES string of the molecule is N[C@@H]1C[C@H]1c1ccc(-c2cccc(NS(=O)(=O)CC(F)(F)F)c2)cc1. The highest BCUT2D eigenvalue weighted by molar-refractivity contribution is 7.92. The van der Waals surface area contributed by atoms with Crippen LogP contribution in [0.5, 0.6) is 0 Å². The number of hydrogen-bond acceptors (Lipinski definition) is 3. The van der Waals surface area contributed by atoms with E-state index in [0.717, 1.165) is 17.5 Å². The molecule has 134 valence electrons. The molecule has 1 saturated carbocycles. The molecule has 0 amide bonds. The maximum atomic E-state index is 12.3. The Morgan fingerprint density at radius 2 is 1.72 bits per heavy atom. The van der Waals surface area contributed by atoms with Gasteiger partial charge in [0.25, 0.3) is 0 Å². The number of anilines is 1. The summed E-state index contributed by atoms with van der Waals surface area (Å²) in [5.74, 6) is -1.53. The topological polar surface area (TPSA) is 72.2 Å². The lowest BCUT2D eigenvalue weighted by Gasteiger charge is -2.11. The van der Waals surface area contributed by atoms with Gasteiger partial charge in [0.2, 0.25) is 10.0 Å². The molecule has 3 rings (SSSR count). The second kappa shape index (κ2) is 6.34. The molecule has 0 saturated heterocycles. The van der Waals surface area contributed by atoms with Crippen molar-refractivity contribution in [1.29, 1.82) is 0 Å². The third kappa shape index (κ3) is 4.73. The van der Waals surface area contributed by atoms with Gasteiger partial charge in [-0.2, -0.15) is 13.2 Å². The zero-order valence-electron chi connectivity index (χ0n) is 13.1. The summed E-state index contributed by atoms with van der Waals surface area (Å²) in [5, 5.41) is 0.